The van der Waals surface area contributed by atoms with Crippen molar-refractivity contribution in [1.82, 2.24) is 15.1 Å². The van der Waals surface area contributed by atoms with Gasteiger partial charge in [0.2, 0.25) is 5.91 Å². The highest BCUT2D eigenvalue weighted by molar-refractivity contribution is 5.86. The Morgan fingerprint density at radius 1 is 1.27 bits per heavy atom. The first-order valence-corrected chi connectivity index (χ1v) is 9.59. The molecule has 0 atom stereocenters. The molecule has 0 radical (unpaired) electrons. The maximum atomic E-state index is 12.9. The molecule has 0 bridgehead atoms. The van der Waals surface area contributed by atoms with Crippen LogP contribution in [0, 0.1) is 5.92 Å². The third-order valence-electron chi connectivity index (χ3n) is 4.89. The van der Waals surface area contributed by atoms with Crippen LogP contribution in [-0.4, -0.2) is 68.5 Å². The van der Waals surface area contributed by atoms with Gasteiger partial charge in [-0.2, -0.15) is 13.2 Å². The Morgan fingerprint density at radius 2 is 1.93 bits per heavy atom. The average Bonchev–Trinajstić information content (AvgIpc) is 2.72. The number of likely N-dealkylation sites (N-methyl/N-ethyl adjacent to an activating group) is 1. The van der Waals surface area contributed by atoms with Gasteiger partial charge in [0.15, 0.2) is 5.96 Å². The fourth-order valence-corrected chi connectivity index (χ4v) is 3.09. The van der Waals surface area contributed by atoms with E-state index in [0.29, 0.717) is 37.5 Å². The van der Waals surface area contributed by atoms with Crippen LogP contribution in [-0.2, 0) is 27.0 Å². The molecule has 1 aliphatic heterocycles. The fourth-order valence-electron chi connectivity index (χ4n) is 3.09. The number of piperidine rings is 1. The summed E-state index contributed by atoms with van der Waals surface area (Å²) in [6.07, 6.45) is -3.29. The van der Waals surface area contributed by atoms with Crippen LogP contribution >= 0.6 is 0 Å². The monoisotopic (exact) mass is 428 g/mol. The van der Waals surface area contributed by atoms with Crippen LogP contribution in [0.3, 0.4) is 0 Å². The summed E-state index contributed by atoms with van der Waals surface area (Å²) in [6, 6.07) is 5.00. The first-order valence-electron chi connectivity index (χ1n) is 9.59. The van der Waals surface area contributed by atoms with E-state index in [1.807, 2.05) is 4.90 Å². The number of carbonyl (C=O) groups is 2. The zero-order valence-electron chi connectivity index (χ0n) is 17.3. The van der Waals surface area contributed by atoms with Crippen molar-refractivity contribution in [3.63, 3.8) is 0 Å². The van der Waals surface area contributed by atoms with Crippen molar-refractivity contribution in [1.29, 1.82) is 0 Å². The average molecular weight is 428 g/mol. The number of likely N-dealkylation sites (tertiary alicyclic amines) is 1. The summed E-state index contributed by atoms with van der Waals surface area (Å²) in [7, 11) is 4.61. The van der Waals surface area contributed by atoms with E-state index in [1.54, 1.807) is 20.2 Å². The number of esters is 1. The van der Waals surface area contributed by atoms with Crippen molar-refractivity contribution >= 4 is 17.8 Å². The number of guanidine groups is 1. The van der Waals surface area contributed by atoms with Crippen LogP contribution < -0.4 is 5.32 Å². The molecule has 1 saturated heterocycles. The number of hydrogen-bond acceptors (Lipinski definition) is 4. The van der Waals surface area contributed by atoms with Crippen molar-refractivity contribution in [3.05, 3.63) is 35.4 Å². The van der Waals surface area contributed by atoms with E-state index in [0.717, 1.165) is 12.1 Å². The second-order valence-corrected chi connectivity index (χ2v) is 7.26. The third-order valence-corrected chi connectivity index (χ3v) is 4.89. The number of nitrogens with one attached hydrogen (secondary N) is 1. The Balaban J connectivity index is 2.13. The molecule has 2 rings (SSSR count). The largest absolute Gasteiger partial charge is 0.469 e. The summed E-state index contributed by atoms with van der Waals surface area (Å²) in [4.78, 5) is 31.4. The van der Waals surface area contributed by atoms with Crippen molar-refractivity contribution in [2.75, 3.05) is 40.8 Å². The lowest BCUT2D eigenvalue weighted by molar-refractivity contribution is -0.146. The summed E-state index contributed by atoms with van der Waals surface area (Å²) < 4.78 is 43.6. The Hall–Kier alpha value is -2.78. The molecule has 1 fully saturated rings. The molecule has 1 heterocycles. The lowest BCUT2D eigenvalue weighted by Crippen LogP contribution is -2.49. The first kappa shape index (κ1) is 23.5. The molecule has 1 N–H and O–H groups in total. The van der Waals surface area contributed by atoms with Crippen LogP contribution in [0.4, 0.5) is 13.2 Å². The lowest BCUT2D eigenvalue weighted by atomic mass is 9.97. The fraction of sp³-hybridized carbons (Fsp3) is 0.550. The summed E-state index contributed by atoms with van der Waals surface area (Å²) in [5, 5.41) is 2.99. The van der Waals surface area contributed by atoms with E-state index in [-0.39, 0.29) is 30.9 Å². The summed E-state index contributed by atoms with van der Waals surface area (Å²) in [5.41, 5.74) is -0.320. The van der Waals surface area contributed by atoms with Gasteiger partial charge in [0, 0.05) is 27.2 Å². The molecule has 166 valence electrons. The highest BCUT2D eigenvalue weighted by Crippen LogP contribution is 2.29. The molecule has 0 aliphatic carbocycles. The first-order chi connectivity index (χ1) is 14.1. The topological polar surface area (TPSA) is 74.2 Å². The molecule has 0 unspecified atom stereocenters. The summed E-state index contributed by atoms with van der Waals surface area (Å²) in [6.45, 7) is 1.07. The Labute approximate surface area is 173 Å². The lowest BCUT2D eigenvalue weighted by Gasteiger charge is -2.33. The molecule has 1 aliphatic rings. The SMILES string of the molecule is COC(=O)C1CCN(C(=NCc2cccc(C(F)(F)F)c2)NCC(=O)N(C)C)CC1. The number of carbonyl (C=O) groups excluding carboxylic acids is 2. The summed E-state index contributed by atoms with van der Waals surface area (Å²) in [5.74, 6) is -0.190. The number of alkyl halides is 3. The maximum Gasteiger partial charge on any atom is 0.416 e. The second-order valence-electron chi connectivity index (χ2n) is 7.26. The van der Waals surface area contributed by atoms with Gasteiger partial charge in [0.25, 0.3) is 0 Å². The second kappa shape index (κ2) is 10.3. The van der Waals surface area contributed by atoms with Gasteiger partial charge in [-0.3, -0.25) is 9.59 Å². The predicted octanol–water partition coefficient (Wildman–Crippen LogP) is 2.12. The Bertz CT molecular complexity index is 773. The van der Waals surface area contributed by atoms with E-state index >= 15 is 0 Å². The molecule has 0 saturated carbocycles. The van der Waals surface area contributed by atoms with Crippen molar-refractivity contribution < 1.29 is 27.5 Å². The number of halogens is 3. The minimum Gasteiger partial charge on any atom is -0.469 e. The van der Waals surface area contributed by atoms with Crippen LogP contribution in [0.5, 0.6) is 0 Å². The quantitative estimate of drug-likeness (QED) is 0.442. The zero-order valence-corrected chi connectivity index (χ0v) is 17.3. The number of amides is 1. The minimum atomic E-state index is -4.42. The highest BCUT2D eigenvalue weighted by Gasteiger charge is 2.30. The van der Waals surface area contributed by atoms with Crippen molar-refractivity contribution in [2.24, 2.45) is 10.9 Å². The van der Waals surface area contributed by atoms with E-state index < -0.39 is 11.7 Å². The normalized spacial score (nSPS) is 15.7. The van der Waals surface area contributed by atoms with Gasteiger partial charge >= 0.3 is 12.1 Å². The number of methoxy groups -OCH3 is 1. The highest BCUT2D eigenvalue weighted by atomic mass is 19.4. The number of rotatable bonds is 5. The van der Waals surface area contributed by atoms with E-state index in [2.05, 4.69) is 10.3 Å². The van der Waals surface area contributed by atoms with Gasteiger partial charge in [0.1, 0.15) is 0 Å². The number of benzene rings is 1. The molecule has 1 aromatic rings. The Morgan fingerprint density at radius 3 is 2.50 bits per heavy atom. The minimum absolute atomic E-state index is 0.00531. The molecule has 0 spiro atoms. The van der Waals surface area contributed by atoms with Gasteiger partial charge in [-0.1, -0.05) is 12.1 Å². The van der Waals surface area contributed by atoms with E-state index in [4.69, 9.17) is 4.74 Å². The smallest absolute Gasteiger partial charge is 0.416 e. The maximum absolute atomic E-state index is 12.9. The van der Waals surface area contributed by atoms with Gasteiger partial charge < -0.3 is 19.9 Å². The standard InChI is InChI=1S/C20H27F3N4O3/c1-26(2)17(28)13-25-19(27-9-7-15(8-10-27)18(29)30-3)24-12-14-5-4-6-16(11-14)20(21,22)23/h4-6,11,15H,7-10,12-13H2,1-3H3,(H,24,25). The van der Waals surface area contributed by atoms with Crippen LogP contribution in [0.1, 0.15) is 24.0 Å². The zero-order chi connectivity index (χ0) is 22.3. The molecule has 7 nitrogen and oxygen atoms in total. The third kappa shape index (κ3) is 6.64. The van der Waals surface area contributed by atoms with Crippen molar-refractivity contribution in [3.8, 4) is 0 Å². The molecule has 1 aromatic carbocycles. The van der Waals surface area contributed by atoms with Gasteiger partial charge in [-0.15, -0.1) is 0 Å². The number of ether oxygens (including phenoxy) is 1. The van der Waals surface area contributed by atoms with Crippen molar-refractivity contribution in [2.45, 2.75) is 25.6 Å². The van der Waals surface area contributed by atoms with Crippen LogP contribution in [0.15, 0.2) is 29.3 Å². The van der Waals surface area contributed by atoms with Crippen LogP contribution in [0.2, 0.25) is 0 Å². The molecule has 1 amide bonds. The number of nitrogens with zero attached hydrogens (tertiary/aromatic N) is 3. The van der Waals surface area contributed by atoms with E-state index in [1.165, 1.54) is 18.1 Å². The molecule has 10 heteroatoms. The molecular formula is C20H27F3N4O3. The van der Waals surface area contributed by atoms with Gasteiger partial charge in [-0.05, 0) is 30.5 Å². The summed E-state index contributed by atoms with van der Waals surface area (Å²) >= 11 is 0. The molecule has 0 aromatic heterocycles. The van der Waals surface area contributed by atoms with Crippen LogP contribution in [0.25, 0.3) is 0 Å². The number of hydrogen-bond donors (Lipinski definition) is 1. The van der Waals surface area contributed by atoms with Gasteiger partial charge in [0.05, 0.1) is 31.7 Å². The number of aliphatic imine (C=N–C) groups is 1. The molecule has 30 heavy (non-hydrogen) atoms. The predicted molar refractivity (Wildman–Crippen MR) is 106 cm³/mol. The van der Waals surface area contributed by atoms with Gasteiger partial charge in [-0.25, -0.2) is 4.99 Å². The molecular weight excluding hydrogens is 401 g/mol. The Kier molecular flexibility index (Phi) is 8.08. The van der Waals surface area contributed by atoms with E-state index in [9.17, 15) is 22.8 Å².